The smallest absolute Gasteiger partial charge is 0.408 e. The van der Waals surface area contributed by atoms with Gasteiger partial charge in [0.25, 0.3) is 5.91 Å². The predicted octanol–water partition coefficient (Wildman–Crippen LogP) is 2.61. The Hall–Kier alpha value is -1.85. The number of halogens is 2. The number of thioether (sulfide) groups is 1. The third-order valence-electron chi connectivity index (χ3n) is 4.25. The molecule has 30 heavy (non-hydrogen) atoms. The van der Waals surface area contributed by atoms with Crippen LogP contribution in [0.25, 0.3) is 0 Å². The topological polar surface area (TPSA) is 105 Å². The number of carbonyl (C=O) groups excluding carboxylic acids is 2. The Bertz CT molecular complexity index is 1010. The molecule has 0 spiro atoms. The summed E-state index contributed by atoms with van der Waals surface area (Å²) < 4.78 is 43.2. The molecule has 0 radical (unpaired) electrons. The fourth-order valence-corrected chi connectivity index (χ4v) is 7.16. The van der Waals surface area contributed by atoms with E-state index in [1.165, 1.54) is 18.2 Å². The molecule has 1 aromatic rings. The van der Waals surface area contributed by atoms with Crippen LogP contribution in [0.3, 0.4) is 0 Å². The van der Waals surface area contributed by atoms with Crippen molar-refractivity contribution in [3.63, 3.8) is 0 Å². The van der Waals surface area contributed by atoms with Crippen LogP contribution in [0, 0.1) is 5.82 Å². The average molecular weight is 478 g/mol. The number of nitrogens with zero attached hydrogens (tertiary/aromatic N) is 2. The number of nitrogens with one attached hydrogen (secondary N) is 1. The lowest BCUT2D eigenvalue weighted by Crippen LogP contribution is -2.38. The van der Waals surface area contributed by atoms with E-state index in [-0.39, 0.29) is 26.9 Å². The van der Waals surface area contributed by atoms with Crippen molar-refractivity contribution < 1.29 is 27.1 Å². The van der Waals surface area contributed by atoms with Crippen LogP contribution in [-0.4, -0.2) is 60.5 Å². The highest BCUT2D eigenvalue weighted by Crippen LogP contribution is 2.41. The number of sulfone groups is 1. The summed E-state index contributed by atoms with van der Waals surface area (Å²) in [6, 6.07) is 3.59. The van der Waals surface area contributed by atoms with Gasteiger partial charge in [0, 0.05) is 10.9 Å². The minimum Gasteiger partial charge on any atom is -0.444 e. The van der Waals surface area contributed by atoms with Crippen molar-refractivity contribution >= 4 is 56.1 Å². The normalized spacial score (nSPS) is 24.0. The van der Waals surface area contributed by atoms with Gasteiger partial charge in [0.15, 0.2) is 15.0 Å². The van der Waals surface area contributed by atoms with Crippen molar-refractivity contribution in [2.24, 2.45) is 4.99 Å². The van der Waals surface area contributed by atoms with Crippen LogP contribution in [0.4, 0.5) is 14.9 Å². The largest absolute Gasteiger partial charge is 0.444 e. The number of benzene rings is 1. The van der Waals surface area contributed by atoms with Crippen LogP contribution < -0.4 is 10.2 Å². The fourth-order valence-electron chi connectivity index (χ4n) is 3.11. The Morgan fingerprint density at radius 2 is 2.07 bits per heavy atom. The molecule has 2 fully saturated rings. The third-order valence-corrected chi connectivity index (χ3v) is 7.77. The summed E-state index contributed by atoms with van der Waals surface area (Å²) in [4.78, 5) is 29.6. The lowest BCUT2D eigenvalue weighted by molar-refractivity contribution is -0.117. The van der Waals surface area contributed by atoms with Crippen LogP contribution in [-0.2, 0) is 19.4 Å². The monoisotopic (exact) mass is 477 g/mol. The van der Waals surface area contributed by atoms with Crippen molar-refractivity contribution in [1.82, 2.24) is 5.32 Å². The van der Waals surface area contributed by atoms with E-state index in [0.29, 0.717) is 5.69 Å². The number of amidine groups is 1. The second-order valence-electron chi connectivity index (χ2n) is 7.91. The van der Waals surface area contributed by atoms with Gasteiger partial charge in [-0.1, -0.05) is 23.4 Å². The molecule has 12 heteroatoms. The van der Waals surface area contributed by atoms with E-state index in [4.69, 9.17) is 16.3 Å². The van der Waals surface area contributed by atoms with Gasteiger partial charge in [-0.15, -0.1) is 0 Å². The zero-order valence-corrected chi connectivity index (χ0v) is 18.9. The first kappa shape index (κ1) is 22.8. The van der Waals surface area contributed by atoms with E-state index >= 15 is 0 Å². The molecule has 2 atom stereocenters. The van der Waals surface area contributed by atoms with E-state index in [9.17, 15) is 22.4 Å². The number of fused-ring (bicyclic) bond motifs is 1. The predicted molar refractivity (Wildman–Crippen MR) is 114 cm³/mol. The molecule has 2 aliphatic rings. The van der Waals surface area contributed by atoms with Crippen molar-refractivity contribution in [1.29, 1.82) is 0 Å². The lowest BCUT2D eigenvalue weighted by Gasteiger charge is -2.24. The number of carbonyl (C=O) groups is 2. The van der Waals surface area contributed by atoms with Crippen molar-refractivity contribution in [3.05, 3.63) is 29.0 Å². The molecular weight excluding hydrogens is 457 g/mol. The molecule has 2 heterocycles. The molecular formula is C18H21ClFN3O5S2. The first-order valence-electron chi connectivity index (χ1n) is 9.04. The summed E-state index contributed by atoms with van der Waals surface area (Å²) in [7, 11) is -3.25. The minimum atomic E-state index is -3.25. The van der Waals surface area contributed by atoms with Crippen LogP contribution in [0.15, 0.2) is 23.2 Å². The van der Waals surface area contributed by atoms with Crippen LogP contribution in [0.1, 0.15) is 20.8 Å². The van der Waals surface area contributed by atoms with Crippen molar-refractivity contribution in [2.45, 2.75) is 37.7 Å². The summed E-state index contributed by atoms with van der Waals surface area (Å²) in [6.45, 7) is 4.69. The molecule has 3 rings (SSSR count). The van der Waals surface area contributed by atoms with Crippen molar-refractivity contribution in [2.75, 3.05) is 23.0 Å². The standard InChI is InChI=1S/C18H21ClFN3O5S2/c1-18(2,3)28-17(25)21-7-15(24)22-16-23(10-4-5-11(19)12(20)6-10)13-8-30(26,27)9-14(13)29-16/h4-6,13-14H,7-9H2,1-3H3,(H,21,25)/t13-,14-/m0/s1. The zero-order chi connectivity index (χ0) is 22.3. The molecule has 2 amide bonds. The summed E-state index contributed by atoms with van der Waals surface area (Å²) in [5, 5.41) is 2.17. The molecule has 0 bridgehead atoms. The molecule has 0 aliphatic carbocycles. The van der Waals surface area contributed by atoms with E-state index in [1.54, 1.807) is 25.7 Å². The Morgan fingerprint density at radius 3 is 2.70 bits per heavy atom. The highest BCUT2D eigenvalue weighted by Gasteiger charge is 2.49. The van der Waals surface area contributed by atoms with Gasteiger partial charge in [-0.2, -0.15) is 4.99 Å². The molecule has 0 saturated carbocycles. The average Bonchev–Trinajstić information content (AvgIpc) is 3.05. The molecule has 0 aromatic heterocycles. The maximum Gasteiger partial charge on any atom is 0.408 e. The van der Waals surface area contributed by atoms with Crippen LogP contribution in [0.2, 0.25) is 5.02 Å². The highest BCUT2D eigenvalue weighted by atomic mass is 35.5. The Labute approximate surface area is 183 Å². The van der Waals surface area contributed by atoms with Gasteiger partial charge in [-0.05, 0) is 39.0 Å². The molecule has 8 nitrogen and oxygen atoms in total. The number of ether oxygens (including phenoxy) is 1. The quantitative estimate of drug-likeness (QED) is 0.713. The van der Waals surface area contributed by atoms with E-state index < -0.39 is 45.8 Å². The Kier molecular flexibility index (Phi) is 6.35. The molecule has 164 valence electrons. The fraction of sp³-hybridized carbons (Fsp3) is 0.500. The minimum absolute atomic E-state index is 0.0573. The van der Waals surface area contributed by atoms with Gasteiger partial charge in [-0.25, -0.2) is 17.6 Å². The number of alkyl carbamates (subject to hydrolysis) is 1. The Morgan fingerprint density at radius 1 is 1.37 bits per heavy atom. The van der Waals surface area contributed by atoms with Crippen LogP contribution >= 0.6 is 23.4 Å². The van der Waals surface area contributed by atoms with E-state index in [1.807, 2.05) is 0 Å². The van der Waals surface area contributed by atoms with Gasteiger partial charge >= 0.3 is 6.09 Å². The molecule has 1 aromatic carbocycles. The highest BCUT2D eigenvalue weighted by molar-refractivity contribution is 8.16. The second-order valence-corrected chi connectivity index (χ2v) is 11.7. The number of amides is 2. The van der Waals surface area contributed by atoms with Gasteiger partial charge in [0.05, 0.1) is 22.6 Å². The number of hydrogen-bond acceptors (Lipinski definition) is 6. The lowest BCUT2D eigenvalue weighted by atomic mass is 10.2. The van der Waals surface area contributed by atoms with Crippen LogP contribution in [0.5, 0.6) is 0 Å². The van der Waals surface area contributed by atoms with E-state index in [2.05, 4.69) is 10.3 Å². The van der Waals surface area contributed by atoms with Crippen molar-refractivity contribution in [3.8, 4) is 0 Å². The first-order valence-corrected chi connectivity index (χ1v) is 12.1. The zero-order valence-electron chi connectivity index (χ0n) is 16.5. The number of aliphatic imine (C=N–C) groups is 1. The summed E-state index contributed by atoms with van der Waals surface area (Å²) in [5.74, 6) is -1.50. The van der Waals surface area contributed by atoms with Gasteiger partial charge < -0.3 is 15.0 Å². The Balaban J connectivity index is 1.80. The van der Waals surface area contributed by atoms with Gasteiger partial charge in [0.2, 0.25) is 0 Å². The maximum absolute atomic E-state index is 14.0. The summed E-state index contributed by atoms with van der Waals surface area (Å²) in [6.07, 6.45) is -0.755. The van der Waals surface area contributed by atoms with E-state index in [0.717, 1.165) is 11.8 Å². The van der Waals surface area contributed by atoms with Gasteiger partial charge in [0.1, 0.15) is 18.0 Å². The first-order chi connectivity index (χ1) is 13.8. The molecule has 2 aliphatic heterocycles. The maximum atomic E-state index is 14.0. The third kappa shape index (κ3) is 5.44. The molecule has 2 saturated heterocycles. The second kappa shape index (κ2) is 8.35. The molecule has 0 unspecified atom stereocenters. The molecule has 1 N–H and O–H groups in total. The summed E-state index contributed by atoms with van der Waals surface area (Å²) >= 11 is 6.90. The number of hydrogen-bond donors (Lipinski definition) is 1. The SMILES string of the molecule is CC(C)(C)OC(=O)NCC(=O)N=C1S[C@H]2CS(=O)(=O)C[C@@H]2N1c1ccc(Cl)c(F)c1. The summed E-state index contributed by atoms with van der Waals surface area (Å²) in [5.41, 5.74) is -0.362. The number of rotatable bonds is 3. The van der Waals surface area contributed by atoms with Gasteiger partial charge in [-0.3, -0.25) is 4.79 Å². The number of anilines is 1.